The molecular formula is C17H16FNO2. The van der Waals surface area contributed by atoms with Crippen LogP contribution in [0.3, 0.4) is 0 Å². The van der Waals surface area contributed by atoms with Gasteiger partial charge in [0.2, 0.25) is 5.91 Å². The minimum atomic E-state index is -0.416. The summed E-state index contributed by atoms with van der Waals surface area (Å²) in [5.74, 6) is -0.114. The summed E-state index contributed by atoms with van der Waals surface area (Å²) < 4.78 is 19.4. The standard InChI is InChI=1S/C17H16FNO2/c1-11-6-7-15(14(18)8-11)19-17(20)13-9-12-4-2-3-5-16(12)21-10-13/h2-8,13H,9-10H2,1H3,(H,19,20). The molecule has 0 radical (unpaired) electrons. The van der Waals surface area contributed by atoms with Gasteiger partial charge in [0.05, 0.1) is 11.6 Å². The molecule has 2 aromatic rings. The summed E-state index contributed by atoms with van der Waals surface area (Å²) in [6, 6.07) is 12.4. The SMILES string of the molecule is Cc1ccc(NC(=O)C2COc3ccccc3C2)c(F)c1. The van der Waals surface area contributed by atoms with Crippen LogP contribution in [0.1, 0.15) is 11.1 Å². The molecule has 21 heavy (non-hydrogen) atoms. The second kappa shape index (κ2) is 5.56. The van der Waals surface area contributed by atoms with Gasteiger partial charge in [-0.1, -0.05) is 24.3 Å². The fourth-order valence-corrected chi connectivity index (χ4v) is 2.45. The Kier molecular flexibility index (Phi) is 3.60. The molecule has 1 heterocycles. The lowest BCUT2D eigenvalue weighted by atomic mass is 9.96. The van der Waals surface area contributed by atoms with Crippen molar-refractivity contribution in [1.29, 1.82) is 0 Å². The summed E-state index contributed by atoms with van der Waals surface area (Å²) in [5.41, 5.74) is 2.04. The summed E-state index contributed by atoms with van der Waals surface area (Å²) >= 11 is 0. The third-order valence-corrected chi connectivity index (χ3v) is 3.63. The smallest absolute Gasteiger partial charge is 0.231 e. The quantitative estimate of drug-likeness (QED) is 0.919. The molecular weight excluding hydrogens is 269 g/mol. The van der Waals surface area contributed by atoms with Crippen molar-refractivity contribution in [3.05, 3.63) is 59.4 Å². The van der Waals surface area contributed by atoms with E-state index in [2.05, 4.69) is 5.32 Å². The number of aryl methyl sites for hydroxylation is 1. The fraction of sp³-hybridized carbons (Fsp3) is 0.235. The van der Waals surface area contributed by atoms with E-state index in [-0.39, 0.29) is 17.5 Å². The molecule has 0 spiro atoms. The number of ether oxygens (including phenoxy) is 1. The number of anilines is 1. The molecule has 4 heteroatoms. The van der Waals surface area contributed by atoms with Gasteiger partial charge >= 0.3 is 0 Å². The summed E-state index contributed by atoms with van der Waals surface area (Å²) in [5, 5.41) is 2.64. The zero-order valence-corrected chi connectivity index (χ0v) is 11.7. The first-order valence-corrected chi connectivity index (χ1v) is 6.91. The zero-order valence-electron chi connectivity index (χ0n) is 11.7. The predicted octanol–water partition coefficient (Wildman–Crippen LogP) is 3.32. The Balaban J connectivity index is 1.72. The molecule has 0 bridgehead atoms. The Morgan fingerprint density at radius 3 is 2.90 bits per heavy atom. The Labute approximate surface area is 122 Å². The van der Waals surface area contributed by atoms with Crippen molar-refractivity contribution in [1.82, 2.24) is 0 Å². The summed E-state index contributed by atoms with van der Waals surface area (Å²) in [6.07, 6.45) is 0.607. The number of hydrogen-bond acceptors (Lipinski definition) is 2. The molecule has 108 valence electrons. The van der Waals surface area contributed by atoms with Gasteiger partial charge in [-0.05, 0) is 42.7 Å². The molecule has 1 aliphatic heterocycles. The molecule has 1 atom stereocenters. The van der Waals surface area contributed by atoms with E-state index in [1.807, 2.05) is 24.3 Å². The Morgan fingerprint density at radius 1 is 1.29 bits per heavy atom. The van der Waals surface area contributed by atoms with Gasteiger partial charge in [-0.15, -0.1) is 0 Å². The maximum absolute atomic E-state index is 13.8. The monoisotopic (exact) mass is 285 g/mol. The van der Waals surface area contributed by atoms with Gasteiger partial charge in [0.25, 0.3) is 0 Å². The molecule has 1 unspecified atom stereocenters. The minimum Gasteiger partial charge on any atom is -0.492 e. The van der Waals surface area contributed by atoms with E-state index in [0.29, 0.717) is 13.0 Å². The largest absolute Gasteiger partial charge is 0.492 e. The third-order valence-electron chi connectivity index (χ3n) is 3.63. The first-order valence-electron chi connectivity index (χ1n) is 6.91. The van der Waals surface area contributed by atoms with E-state index >= 15 is 0 Å². The van der Waals surface area contributed by atoms with Gasteiger partial charge in [0, 0.05) is 0 Å². The molecule has 1 N–H and O–H groups in total. The average Bonchev–Trinajstić information content (AvgIpc) is 2.49. The molecule has 2 aromatic carbocycles. The highest BCUT2D eigenvalue weighted by Crippen LogP contribution is 2.27. The van der Waals surface area contributed by atoms with Crippen LogP contribution < -0.4 is 10.1 Å². The second-order valence-electron chi connectivity index (χ2n) is 5.29. The lowest BCUT2D eigenvalue weighted by Crippen LogP contribution is -2.32. The number of rotatable bonds is 2. The molecule has 3 nitrogen and oxygen atoms in total. The number of nitrogens with one attached hydrogen (secondary N) is 1. The highest BCUT2D eigenvalue weighted by molar-refractivity contribution is 5.93. The number of halogens is 1. The predicted molar refractivity (Wildman–Crippen MR) is 78.9 cm³/mol. The maximum Gasteiger partial charge on any atom is 0.231 e. The molecule has 0 aliphatic carbocycles. The minimum absolute atomic E-state index is 0.212. The topological polar surface area (TPSA) is 38.3 Å². The van der Waals surface area contributed by atoms with Gasteiger partial charge in [-0.3, -0.25) is 4.79 Å². The lowest BCUT2D eigenvalue weighted by molar-refractivity contribution is -0.121. The fourth-order valence-electron chi connectivity index (χ4n) is 2.45. The summed E-state index contributed by atoms with van der Waals surface area (Å²) in [4.78, 5) is 12.3. The van der Waals surface area contributed by atoms with Crippen molar-refractivity contribution < 1.29 is 13.9 Å². The van der Waals surface area contributed by atoms with Crippen LogP contribution in [-0.2, 0) is 11.2 Å². The van der Waals surface area contributed by atoms with Gasteiger partial charge in [0.1, 0.15) is 18.2 Å². The van der Waals surface area contributed by atoms with Gasteiger partial charge in [-0.2, -0.15) is 0 Å². The normalized spacial score (nSPS) is 16.8. The van der Waals surface area contributed by atoms with Crippen LogP contribution in [-0.4, -0.2) is 12.5 Å². The van der Waals surface area contributed by atoms with Crippen molar-refractivity contribution in [2.45, 2.75) is 13.3 Å². The Morgan fingerprint density at radius 2 is 2.10 bits per heavy atom. The van der Waals surface area contributed by atoms with E-state index < -0.39 is 5.82 Å². The highest BCUT2D eigenvalue weighted by Gasteiger charge is 2.26. The van der Waals surface area contributed by atoms with E-state index in [0.717, 1.165) is 16.9 Å². The van der Waals surface area contributed by atoms with Crippen molar-refractivity contribution in [3.8, 4) is 5.75 Å². The molecule has 1 aliphatic rings. The Hall–Kier alpha value is -2.36. The lowest BCUT2D eigenvalue weighted by Gasteiger charge is -2.24. The van der Waals surface area contributed by atoms with Crippen molar-refractivity contribution in [2.75, 3.05) is 11.9 Å². The number of carbonyl (C=O) groups excluding carboxylic acids is 1. The molecule has 0 saturated heterocycles. The van der Waals surface area contributed by atoms with Crippen LogP contribution in [0.4, 0.5) is 10.1 Å². The molecule has 3 rings (SSSR count). The third kappa shape index (κ3) is 2.89. The number of para-hydroxylation sites is 1. The van der Waals surface area contributed by atoms with E-state index in [9.17, 15) is 9.18 Å². The van der Waals surface area contributed by atoms with Crippen LogP contribution in [0.5, 0.6) is 5.75 Å². The first-order chi connectivity index (χ1) is 10.1. The van der Waals surface area contributed by atoms with Gasteiger partial charge < -0.3 is 10.1 Å². The van der Waals surface area contributed by atoms with Crippen LogP contribution in [0.25, 0.3) is 0 Å². The van der Waals surface area contributed by atoms with Crippen LogP contribution >= 0.6 is 0 Å². The first kappa shape index (κ1) is 13.6. The number of benzene rings is 2. The van der Waals surface area contributed by atoms with E-state index in [1.54, 1.807) is 19.1 Å². The van der Waals surface area contributed by atoms with E-state index in [1.165, 1.54) is 6.07 Å². The van der Waals surface area contributed by atoms with Gasteiger partial charge in [0.15, 0.2) is 0 Å². The van der Waals surface area contributed by atoms with Crippen molar-refractivity contribution in [2.24, 2.45) is 5.92 Å². The number of amides is 1. The van der Waals surface area contributed by atoms with Crippen molar-refractivity contribution in [3.63, 3.8) is 0 Å². The zero-order chi connectivity index (χ0) is 14.8. The number of hydrogen-bond donors (Lipinski definition) is 1. The number of fused-ring (bicyclic) bond motifs is 1. The van der Waals surface area contributed by atoms with Crippen LogP contribution in [0.15, 0.2) is 42.5 Å². The highest BCUT2D eigenvalue weighted by atomic mass is 19.1. The molecule has 0 fully saturated rings. The summed E-state index contributed by atoms with van der Waals surface area (Å²) in [6.45, 7) is 2.12. The van der Waals surface area contributed by atoms with E-state index in [4.69, 9.17) is 4.74 Å². The molecule has 0 saturated carbocycles. The summed E-state index contributed by atoms with van der Waals surface area (Å²) in [7, 11) is 0. The number of carbonyl (C=O) groups is 1. The average molecular weight is 285 g/mol. The van der Waals surface area contributed by atoms with Crippen molar-refractivity contribution >= 4 is 11.6 Å². The van der Waals surface area contributed by atoms with Crippen LogP contribution in [0, 0.1) is 18.7 Å². The second-order valence-corrected chi connectivity index (χ2v) is 5.29. The van der Waals surface area contributed by atoms with Gasteiger partial charge in [-0.25, -0.2) is 4.39 Å². The molecule has 0 aromatic heterocycles. The molecule has 1 amide bonds. The Bertz CT molecular complexity index is 684. The maximum atomic E-state index is 13.8. The van der Waals surface area contributed by atoms with Crippen LogP contribution in [0.2, 0.25) is 0 Å².